The van der Waals surface area contributed by atoms with Gasteiger partial charge in [0.2, 0.25) is 11.8 Å². The molecule has 2 aliphatic rings. The number of carbonyl (C=O) groups is 4. The summed E-state index contributed by atoms with van der Waals surface area (Å²) < 4.78 is 10.2. The molecule has 2 aromatic carbocycles. The number of methoxy groups -OCH3 is 1. The Balaban J connectivity index is 1.47. The third kappa shape index (κ3) is 3.67. The lowest BCUT2D eigenvalue weighted by atomic mass is 9.81. The molecule has 1 aliphatic carbocycles. The summed E-state index contributed by atoms with van der Waals surface area (Å²) in [6.07, 6.45) is 3.23. The van der Waals surface area contributed by atoms with Crippen molar-refractivity contribution in [2.75, 3.05) is 13.7 Å². The van der Waals surface area contributed by atoms with Crippen LogP contribution >= 0.6 is 0 Å². The van der Waals surface area contributed by atoms with E-state index in [0.717, 1.165) is 36.5 Å². The molecular formula is C23H23NO6. The third-order valence-corrected chi connectivity index (χ3v) is 5.95. The molecule has 1 heterocycles. The van der Waals surface area contributed by atoms with Crippen LogP contribution in [0.2, 0.25) is 0 Å². The van der Waals surface area contributed by atoms with Crippen molar-refractivity contribution in [3.05, 3.63) is 42.0 Å². The van der Waals surface area contributed by atoms with Crippen molar-refractivity contribution in [3.8, 4) is 5.75 Å². The number of esters is 2. The molecule has 7 nitrogen and oxygen atoms in total. The zero-order valence-electron chi connectivity index (χ0n) is 16.8. The van der Waals surface area contributed by atoms with E-state index in [0.29, 0.717) is 0 Å². The van der Waals surface area contributed by atoms with Gasteiger partial charge in [0.1, 0.15) is 11.3 Å². The Hall–Kier alpha value is -3.22. The van der Waals surface area contributed by atoms with Gasteiger partial charge in [-0.2, -0.15) is 0 Å². The number of benzene rings is 2. The minimum atomic E-state index is -0.620. The summed E-state index contributed by atoms with van der Waals surface area (Å²) in [7, 11) is 1.26. The summed E-state index contributed by atoms with van der Waals surface area (Å²) in [6, 6.07) is 10.6. The number of carbonyl (C=O) groups excluding carboxylic acids is 4. The smallest absolute Gasteiger partial charge is 0.341 e. The van der Waals surface area contributed by atoms with Gasteiger partial charge >= 0.3 is 11.9 Å². The van der Waals surface area contributed by atoms with E-state index >= 15 is 0 Å². The first-order valence-corrected chi connectivity index (χ1v) is 10.2. The average Bonchev–Trinajstić information content (AvgIpc) is 3.01. The van der Waals surface area contributed by atoms with Gasteiger partial charge in [-0.25, -0.2) is 4.79 Å². The number of fused-ring (bicyclic) bond motifs is 2. The molecule has 2 amide bonds. The van der Waals surface area contributed by atoms with Gasteiger partial charge in [-0.1, -0.05) is 37.1 Å². The SMILES string of the molecule is COC(=O)c1cc2ccccc2cc1OC(=O)CCN1C(=O)[C@H]2CCCC[C@@H]2C1=O. The molecule has 2 fully saturated rings. The van der Waals surface area contributed by atoms with Gasteiger partial charge in [-0.3, -0.25) is 19.3 Å². The molecule has 7 heteroatoms. The van der Waals surface area contributed by atoms with Gasteiger partial charge in [0, 0.05) is 6.54 Å². The molecule has 0 spiro atoms. The highest BCUT2D eigenvalue weighted by molar-refractivity contribution is 6.05. The highest BCUT2D eigenvalue weighted by Gasteiger charge is 2.47. The van der Waals surface area contributed by atoms with Crippen LogP contribution in [-0.4, -0.2) is 42.3 Å². The number of nitrogens with zero attached hydrogens (tertiary/aromatic N) is 1. The molecule has 156 valence electrons. The molecule has 0 radical (unpaired) electrons. The number of hydrogen-bond acceptors (Lipinski definition) is 6. The van der Waals surface area contributed by atoms with Crippen molar-refractivity contribution < 1.29 is 28.7 Å². The Labute approximate surface area is 173 Å². The van der Waals surface area contributed by atoms with E-state index in [-0.39, 0.29) is 47.9 Å². The second-order valence-electron chi connectivity index (χ2n) is 7.74. The van der Waals surface area contributed by atoms with E-state index in [2.05, 4.69) is 0 Å². The van der Waals surface area contributed by atoms with Gasteiger partial charge < -0.3 is 9.47 Å². The molecule has 1 saturated heterocycles. The largest absolute Gasteiger partial charge is 0.465 e. The van der Waals surface area contributed by atoms with Crippen molar-refractivity contribution in [2.45, 2.75) is 32.1 Å². The van der Waals surface area contributed by atoms with Gasteiger partial charge in [-0.05, 0) is 35.7 Å². The summed E-state index contributed by atoms with van der Waals surface area (Å²) in [6.45, 7) is -0.00929. The molecule has 1 saturated carbocycles. The van der Waals surface area contributed by atoms with Gasteiger partial charge in [0.15, 0.2) is 0 Å². The van der Waals surface area contributed by atoms with Crippen molar-refractivity contribution in [2.24, 2.45) is 11.8 Å². The van der Waals surface area contributed by atoms with Crippen LogP contribution < -0.4 is 4.74 Å². The van der Waals surface area contributed by atoms with E-state index in [1.165, 1.54) is 12.0 Å². The van der Waals surface area contributed by atoms with Crippen molar-refractivity contribution in [3.63, 3.8) is 0 Å². The summed E-state index contributed by atoms with van der Waals surface area (Å²) in [5.41, 5.74) is 0.142. The number of amides is 2. The first kappa shape index (κ1) is 20.1. The zero-order chi connectivity index (χ0) is 21.3. The summed E-state index contributed by atoms with van der Waals surface area (Å²) in [5.74, 6) is -1.99. The molecule has 30 heavy (non-hydrogen) atoms. The van der Waals surface area contributed by atoms with Crippen molar-refractivity contribution in [1.82, 2.24) is 4.90 Å². The minimum absolute atomic E-state index is 0.00929. The number of hydrogen-bond donors (Lipinski definition) is 0. The summed E-state index contributed by atoms with van der Waals surface area (Å²) in [4.78, 5) is 50.9. The van der Waals surface area contributed by atoms with E-state index in [9.17, 15) is 19.2 Å². The Bertz CT molecular complexity index is 1010. The maximum absolute atomic E-state index is 12.5. The second-order valence-corrected chi connectivity index (χ2v) is 7.74. The molecular weight excluding hydrogens is 386 g/mol. The number of ether oxygens (including phenoxy) is 2. The lowest BCUT2D eigenvalue weighted by molar-refractivity contribution is -0.141. The van der Waals surface area contributed by atoms with Crippen LogP contribution in [0.3, 0.4) is 0 Å². The lowest BCUT2D eigenvalue weighted by Crippen LogP contribution is -2.33. The fraction of sp³-hybridized carbons (Fsp3) is 0.391. The predicted octanol–water partition coefficient (Wildman–Crippen LogP) is 3.10. The third-order valence-electron chi connectivity index (χ3n) is 5.95. The fourth-order valence-corrected chi connectivity index (χ4v) is 4.40. The predicted molar refractivity (Wildman–Crippen MR) is 108 cm³/mol. The molecule has 0 bridgehead atoms. The van der Waals surface area contributed by atoms with Gasteiger partial charge in [0.25, 0.3) is 0 Å². The van der Waals surface area contributed by atoms with Crippen LogP contribution in [0, 0.1) is 11.8 Å². The van der Waals surface area contributed by atoms with Crippen LogP contribution in [0.15, 0.2) is 36.4 Å². The van der Waals surface area contributed by atoms with E-state index in [4.69, 9.17) is 9.47 Å². The van der Waals surface area contributed by atoms with E-state index in [1.54, 1.807) is 12.1 Å². The summed E-state index contributed by atoms with van der Waals surface area (Å²) in [5, 5.41) is 1.62. The first-order valence-electron chi connectivity index (χ1n) is 10.2. The highest BCUT2D eigenvalue weighted by Crippen LogP contribution is 2.38. The topological polar surface area (TPSA) is 90.0 Å². The van der Waals surface area contributed by atoms with Crippen LogP contribution in [0.4, 0.5) is 0 Å². The molecule has 1 aliphatic heterocycles. The Kier molecular flexibility index (Phi) is 5.53. The molecule has 2 atom stereocenters. The highest BCUT2D eigenvalue weighted by atomic mass is 16.5. The molecule has 0 aromatic heterocycles. The van der Waals surface area contributed by atoms with E-state index < -0.39 is 11.9 Å². The van der Waals surface area contributed by atoms with Crippen molar-refractivity contribution in [1.29, 1.82) is 0 Å². The fourth-order valence-electron chi connectivity index (χ4n) is 4.40. The van der Waals surface area contributed by atoms with Gasteiger partial charge in [-0.15, -0.1) is 0 Å². The molecule has 0 unspecified atom stereocenters. The van der Waals surface area contributed by atoms with Crippen LogP contribution in [0.5, 0.6) is 5.75 Å². The van der Waals surface area contributed by atoms with Crippen LogP contribution in [0.25, 0.3) is 10.8 Å². The Morgan fingerprint density at radius 3 is 2.20 bits per heavy atom. The number of imide groups is 1. The normalized spacial score (nSPS) is 20.9. The zero-order valence-corrected chi connectivity index (χ0v) is 16.8. The summed E-state index contributed by atoms with van der Waals surface area (Å²) >= 11 is 0. The standard InChI is InChI=1S/C23H23NO6/c1-29-23(28)18-12-14-6-2-3-7-15(14)13-19(18)30-20(25)10-11-24-21(26)16-8-4-5-9-17(16)22(24)27/h2-3,6-7,12-13,16-17H,4-5,8-11H2,1H3/t16-,17-/m0/s1. The lowest BCUT2D eigenvalue weighted by Gasteiger charge is -2.19. The average molecular weight is 409 g/mol. The molecule has 0 N–H and O–H groups in total. The maximum Gasteiger partial charge on any atom is 0.341 e. The Morgan fingerprint density at radius 1 is 1.00 bits per heavy atom. The number of rotatable bonds is 5. The first-order chi connectivity index (χ1) is 14.5. The van der Waals surface area contributed by atoms with Gasteiger partial charge in [0.05, 0.1) is 25.4 Å². The Morgan fingerprint density at radius 2 is 1.60 bits per heavy atom. The van der Waals surface area contributed by atoms with Crippen molar-refractivity contribution >= 4 is 34.5 Å². The van der Waals surface area contributed by atoms with Crippen LogP contribution in [0.1, 0.15) is 42.5 Å². The molecule has 4 rings (SSSR count). The quantitative estimate of drug-likeness (QED) is 0.428. The second kappa shape index (κ2) is 8.26. The molecule has 2 aromatic rings. The number of likely N-dealkylation sites (tertiary alicyclic amines) is 1. The van der Waals surface area contributed by atoms with Crippen LogP contribution in [-0.2, 0) is 19.1 Å². The minimum Gasteiger partial charge on any atom is -0.465 e. The monoisotopic (exact) mass is 409 g/mol. The van der Waals surface area contributed by atoms with E-state index in [1.807, 2.05) is 24.3 Å². The maximum atomic E-state index is 12.5.